The van der Waals surface area contributed by atoms with Gasteiger partial charge in [0.1, 0.15) is 6.04 Å². The number of hydrogen-bond donors (Lipinski definition) is 1. The first-order valence-corrected chi connectivity index (χ1v) is 12.0. The first kappa shape index (κ1) is 23.0. The summed E-state index contributed by atoms with van der Waals surface area (Å²) in [4.78, 5) is 23.2. The molecule has 1 N–H and O–H groups in total. The number of amides is 1. The van der Waals surface area contributed by atoms with Crippen LogP contribution in [0.5, 0.6) is 0 Å². The van der Waals surface area contributed by atoms with Gasteiger partial charge in [0.2, 0.25) is 21.1 Å². The molecule has 0 saturated heterocycles. The molecule has 0 aliphatic heterocycles. The molecule has 0 spiro atoms. The monoisotopic (exact) mass is 459 g/mol. The molecule has 0 fully saturated rings. The van der Waals surface area contributed by atoms with Crippen molar-refractivity contribution < 1.29 is 18.1 Å². The summed E-state index contributed by atoms with van der Waals surface area (Å²) in [5.41, 5.74) is 0.274. The zero-order valence-electron chi connectivity index (χ0n) is 16.4. The SMILES string of the molecule is Cc1ccc([N+](=O)[O-])cc1N([C@H](C)C(=O)Nc1nnc(SC(C)C)s1)S(C)(=O)=O. The zero-order chi connectivity index (χ0) is 21.9. The maximum atomic E-state index is 12.7. The highest BCUT2D eigenvalue weighted by molar-refractivity contribution is 8.01. The molecule has 1 heterocycles. The predicted octanol–water partition coefficient (Wildman–Crippen LogP) is 3.05. The number of anilines is 2. The van der Waals surface area contributed by atoms with Crippen molar-refractivity contribution in [1.29, 1.82) is 0 Å². The minimum absolute atomic E-state index is 0.0673. The highest BCUT2D eigenvalue weighted by atomic mass is 32.2. The third-order valence-electron chi connectivity index (χ3n) is 3.70. The summed E-state index contributed by atoms with van der Waals surface area (Å²) in [5, 5.41) is 22.1. The Morgan fingerprint density at radius 3 is 2.52 bits per heavy atom. The largest absolute Gasteiger partial charge is 0.299 e. The number of aryl methyl sites for hydroxylation is 1. The van der Waals surface area contributed by atoms with Crippen LogP contribution in [0.15, 0.2) is 22.5 Å². The summed E-state index contributed by atoms with van der Waals surface area (Å²) in [6.07, 6.45) is 0.942. The molecule has 13 heteroatoms. The smallest absolute Gasteiger partial charge is 0.271 e. The Morgan fingerprint density at radius 2 is 1.97 bits per heavy atom. The second-order valence-electron chi connectivity index (χ2n) is 6.49. The van der Waals surface area contributed by atoms with Crippen molar-refractivity contribution in [1.82, 2.24) is 10.2 Å². The Kier molecular flexibility index (Phi) is 7.19. The molecular formula is C16H21N5O5S3. The number of sulfonamides is 1. The molecule has 0 aliphatic rings. The lowest BCUT2D eigenvalue weighted by atomic mass is 10.1. The lowest BCUT2D eigenvalue weighted by molar-refractivity contribution is -0.384. The molecule has 2 rings (SSSR count). The number of nitrogens with zero attached hydrogens (tertiary/aromatic N) is 4. The fraction of sp³-hybridized carbons (Fsp3) is 0.438. The van der Waals surface area contributed by atoms with E-state index in [0.717, 1.165) is 16.6 Å². The van der Waals surface area contributed by atoms with E-state index in [0.29, 0.717) is 15.2 Å². The fourth-order valence-electron chi connectivity index (χ4n) is 2.45. The van der Waals surface area contributed by atoms with Crippen LogP contribution in [0.3, 0.4) is 0 Å². The molecule has 0 bridgehead atoms. The Morgan fingerprint density at radius 1 is 1.31 bits per heavy atom. The summed E-state index contributed by atoms with van der Waals surface area (Å²) in [7, 11) is -3.92. The van der Waals surface area contributed by atoms with Crippen molar-refractivity contribution in [3.05, 3.63) is 33.9 Å². The Labute approximate surface area is 176 Å². The van der Waals surface area contributed by atoms with Gasteiger partial charge in [-0.15, -0.1) is 10.2 Å². The maximum Gasteiger partial charge on any atom is 0.271 e. The summed E-state index contributed by atoms with van der Waals surface area (Å²) in [6, 6.07) is 2.69. The standard InChI is InChI=1S/C16H21N5O5S3/c1-9(2)27-16-19-18-15(28-16)17-14(22)11(4)20(29(5,25)26)13-8-12(21(23)24)7-6-10(13)3/h6-9,11H,1-5H3,(H,17,18,22)/t11-/m1/s1. The first-order valence-electron chi connectivity index (χ1n) is 8.45. The van der Waals surface area contributed by atoms with Crippen LogP contribution in [0.2, 0.25) is 0 Å². The molecular weight excluding hydrogens is 438 g/mol. The molecule has 158 valence electrons. The number of nitrogens with one attached hydrogen (secondary N) is 1. The van der Waals surface area contributed by atoms with Crippen LogP contribution in [0.25, 0.3) is 0 Å². The van der Waals surface area contributed by atoms with Crippen molar-refractivity contribution >= 4 is 55.5 Å². The summed E-state index contributed by atoms with van der Waals surface area (Å²) in [5.74, 6) is -0.626. The number of nitro benzene ring substituents is 1. The average molecular weight is 460 g/mol. The minimum Gasteiger partial charge on any atom is -0.299 e. The molecule has 0 saturated carbocycles. The van der Waals surface area contributed by atoms with E-state index < -0.39 is 26.9 Å². The van der Waals surface area contributed by atoms with Crippen molar-refractivity contribution in [3.63, 3.8) is 0 Å². The van der Waals surface area contributed by atoms with E-state index in [2.05, 4.69) is 15.5 Å². The number of hydrogen-bond acceptors (Lipinski definition) is 9. The number of carbonyl (C=O) groups is 1. The van der Waals surface area contributed by atoms with Gasteiger partial charge in [-0.05, 0) is 19.4 Å². The van der Waals surface area contributed by atoms with E-state index in [1.165, 1.54) is 42.2 Å². The molecule has 10 nitrogen and oxygen atoms in total. The summed E-state index contributed by atoms with van der Waals surface area (Å²) in [6.45, 7) is 7.01. The fourth-order valence-corrected chi connectivity index (χ4v) is 5.65. The van der Waals surface area contributed by atoms with Gasteiger partial charge in [-0.2, -0.15) is 0 Å². The molecule has 29 heavy (non-hydrogen) atoms. The number of aromatic nitrogens is 2. The zero-order valence-corrected chi connectivity index (χ0v) is 18.9. The van der Waals surface area contributed by atoms with Crippen LogP contribution < -0.4 is 9.62 Å². The van der Waals surface area contributed by atoms with Gasteiger partial charge in [0.15, 0.2) is 4.34 Å². The second kappa shape index (κ2) is 9.05. The molecule has 0 aliphatic carbocycles. The van der Waals surface area contributed by atoms with Crippen LogP contribution in [0.4, 0.5) is 16.5 Å². The molecule has 1 aromatic heterocycles. The number of carbonyl (C=O) groups excluding carboxylic acids is 1. The van der Waals surface area contributed by atoms with Gasteiger partial charge < -0.3 is 0 Å². The van der Waals surface area contributed by atoms with Gasteiger partial charge in [0.05, 0.1) is 16.9 Å². The molecule has 1 atom stereocenters. The molecule has 2 aromatic rings. The van der Waals surface area contributed by atoms with E-state index in [9.17, 15) is 23.3 Å². The quantitative estimate of drug-likeness (QED) is 0.275. The molecule has 1 aromatic carbocycles. The van der Waals surface area contributed by atoms with Gasteiger partial charge in [-0.3, -0.25) is 24.5 Å². The Bertz CT molecular complexity index is 1020. The molecule has 0 radical (unpaired) electrons. The van der Waals surface area contributed by atoms with Gasteiger partial charge >= 0.3 is 0 Å². The lowest BCUT2D eigenvalue weighted by Gasteiger charge is -2.29. The van der Waals surface area contributed by atoms with Gasteiger partial charge in [0, 0.05) is 17.4 Å². The normalized spacial score (nSPS) is 12.6. The number of thioether (sulfide) groups is 1. The van der Waals surface area contributed by atoms with Crippen LogP contribution >= 0.6 is 23.1 Å². The van der Waals surface area contributed by atoms with Gasteiger partial charge in [-0.25, -0.2) is 8.42 Å². The maximum absolute atomic E-state index is 12.7. The number of benzene rings is 1. The summed E-state index contributed by atoms with van der Waals surface area (Å²) < 4.78 is 26.4. The number of nitro groups is 1. The van der Waals surface area contributed by atoms with Crippen LogP contribution in [0, 0.1) is 17.0 Å². The lowest BCUT2D eigenvalue weighted by Crippen LogP contribution is -2.45. The van der Waals surface area contributed by atoms with Gasteiger partial charge in [0.25, 0.3) is 5.69 Å². The third-order valence-corrected chi connectivity index (χ3v) is 6.86. The van der Waals surface area contributed by atoms with E-state index >= 15 is 0 Å². The highest BCUT2D eigenvalue weighted by Crippen LogP contribution is 2.31. The van der Waals surface area contributed by atoms with Crippen LogP contribution in [-0.4, -0.2) is 47.0 Å². The Balaban J connectivity index is 2.34. The van der Waals surface area contributed by atoms with E-state index in [4.69, 9.17) is 0 Å². The van der Waals surface area contributed by atoms with Crippen molar-refractivity contribution in [2.75, 3.05) is 15.9 Å². The van der Waals surface area contributed by atoms with Gasteiger partial charge in [-0.1, -0.05) is 43.0 Å². The topological polar surface area (TPSA) is 135 Å². The average Bonchev–Trinajstić information content (AvgIpc) is 3.01. The van der Waals surface area contributed by atoms with Crippen LogP contribution in [0.1, 0.15) is 26.3 Å². The predicted molar refractivity (Wildman–Crippen MR) is 114 cm³/mol. The second-order valence-corrected chi connectivity index (χ2v) is 11.2. The first-order chi connectivity index (χ1) is 13.4. The van der Waals surface area contributed by atoms with Crippen molar-refractivity contribution in [2.45, 2.75) is 43.3 Å². The molecule has 1 amide bonds. The number of non-ortho nitro benzene ring substituents is 1. The van der Waals surface area contributed by atoms with E-state index in [-0.39, 0.29) is 16.5 Å². The highest BCUT2D eigenvalue weighted by Gasteiger charge is 2.31. The van der Waals surface area contributed by atoms with Crippen molar-refractivity contribution in [3.8, 4) is 0 Å². The van der Waals surface area contributed by atoms with E-state index in [1.807, 2.05) is 13.8 Å². The third kappa shape index (κ3) is 5.87. The van der Waals surface area contributed by atoms with Crippen molar-refractivity contribution in [2.24, 2.45) is 0 Å². The Hall–Kier alpha value is -2.25. The summed E-state index contributed by atoms with van der Waals surface area (Å²) >= 11 is 2.67. The van der Waals surface area contributed by atoms with Crippen LogP contribution in [-0.2, 0) is 14.8 Å². The number of rotatable bonds is 8. The van der Waals surface area contributed by atoms with E-state index in [1.54, 1.807) is 6.92 Å². The molecule has 0 unspecified atom stereocenters. The minimum atomic E-state index is -3.92.